The minimum absolute atomic E-state index is 0.139. The standard InChI is InChI=1S/C13H11BrClF3N2/c1-7-12(15)8(2)20(19-7)10-4-3-9(6-14)11(5-10)13(16,17)18/h3-5H,6H2,1-2H3. The third-order valence-corrected chi connectivity index (χ3v) is 4.14. The number of hydrogen-bond acceptors (Lipinski definition) is 1. The van der Waals surface area contributed by atoms with Crippen LogP contribution in [-0.2, 0) is 11.5 Å². The maximum Gasteiger partial charge on any atom is 0.416 e. The van der Waals surface area contributed by atoms with Crippen LogP contribution in [0.2, 0.25) is 5.02 Å². The molecule has 2 rings (SSSR count). The second-order valence-electron chi connectivity index (χ2n) is 4.37. The number of alkyl halides is 4. The lowest BCUT2D eigenvalue weighted by molar-refractivity contribution is -0.138. The van der Waals surface area contributed by atoms with Gasteiger partial charge in [-0.05, 0) is 31.5 Å². The lowest BCUT2D eigenvalue weighted by Gasteiger charge is -2.14. The highest BCUT2D eigenvalue weighted by Gasteiger charge is 2.33. The van der Waals surface area contributed by atoms with E-state index in [2.05, 4.69) is 21.0 Å². The average Bonchev–Trinajstić information content (AvgIpc) is 2.65. The zero-order chi connectivity index (χ0) is 15.1. The molecule has 1 aromatic carbocycles. The molecule has 0 amide bonds. The normalized spacial score (nSPS) is 11.9. The Morgan fingerprint density at radius 3 is 2.40 bits per heavy atom. The molecule has 0 aliphatic carbocycles. The minimum Gasteiger partial charge on any atom is -0.236 e. The van der Waals surface area contributed by atoms with Crippen molar-refractivity contribution in [2.24, 2.45) is 0 Å². The highest BCUT2D eigenvalue weighted by atomic mass is 79.9. The van der Waals surface area contributed by atoms with Crippen LogP contribution >= 0.6 is 27.5 Å². The van der Waals surface area contributed by atoms with Gasteiger partial charge in [-0.15, -0.1) is 0 Å². The van der Waals surface area contributed by atoms with Gasteiger partial charge in [0.15, 0.2) is 0 Å². The first-order chi connectivity index (χ1) is 9.25. The molecule has 108 valence electrons. The van der Waals surface area contributed by atoms with Crippen LogP contribution in [0.5, 0.6) is 0 Å². The molecule has 7 heteroatoms. The van der Waals surface area contributed by atoms with Crippen LogP contribution in [-0.4, -0.2) is 9.78 Å². The Balaban J connectivity index is 2.62. The lowest BCUT2D eigenvalue weighted by Crippen LogP contribution is -2.10. The number of aryl methyl sites for hydroxylation is 1. The highest BCUT2D eigenvalue weighted by molar-refractivity contribution is 9.08. The van der Waals surface area contributed by atoms with Gasteiger partial charge in [-0.3, -0.25) is 0 Å². The van der Waals surface area contributed by atoms with Gasteiger partial charge in [0.05, 0.1) is 27.7 Å². The van der Waals surface area contributed by atoms with Gasteiger partial charge in [0.2, 0.25) is 0 Å². The van der Waals surface area contributed by atoms with Gasteiger partial charge in [-0.1, -0.05) is 33.6 Å². The highest BCUT2D eigenvalue weighted by Crippen LogP contribution is 2.35. The van der Waals surface area contributed by atoms with Crippen LogP contribution in [0.3, 0.4) is 0 Å². The Morgan fingerprint density at radius 1 is 1.30 bits per heavy atom. The smallest absolute Gasteiger partial charge is 0.236 e. The summed E-state index contributed by atoms with van der Waals surface area (Å²) in [6.07, 6.45) is -4.40. The second kappa shape index (κ2) is 5.41. The number of hydrogen-bond donors (Lipinski definition) is 0. The fourth-order valence-electron chi connectivity index (χ4n) is 1.95. The molecule has 2 aromatic rings. The van der Waals surface area contributed by atoms with E-state index in [-0.39, 0.29) is 10.9 Å². The maximum atomic E-state index is 13.0. The van der Waals surface area contributed by atoms with E-state index in [1.54, 1.807) is 19.9 Å². The first kappa shape index (κ1) is 15.4. The molecule has 0 saturated carbocycles. The van der Waals surface area contributed by atoms with Crippen molar-refractivity contribution in [1.29, 1.82) is 0 Å². The Kier molecular flexibility index (Phi) is 4.16. The summed E-state index contributed by atoms with van der Waals surface area (Å²) in [6.45, 7) is 3.43. The largest absolute Gasteiger partial charge is 0.416 e. The molecule has 20 heavy (non-hydrogen) atoms. The van der Waals surface area contributed by atoms with Crippen molar-refractivity contribution in [2.45, 2.75) is 25.4 Å². The minimum atomic E-state index is -4.40. The average molecular weight is 368 g/mol. The third-order valence-electron chi connectivity index (χ3n) is 2.99. The van der Waals surface area contributed by atoms with E-state index >= 15 is 0 Å². The predicted molar refractivity (Wildman–Crippen MR) is 75.7 cm³/mol. The Morgan fingerprint density at radius 2 is 1.95 bits per heavy atom. The van der Waals surface area contributed by atoms with E-state index in [4.69, 9.17) is 11.6 Å². The SMILES string of the molecule is Cc1nn(-c2ccc(CBr)c(C(F)(F)F)c2)c(C)c1Cl. The van der Waals surface area contributed by atoms with Gasteiger partial charge in [0, 0.05) is 5.33 Å². The van der Waals surface area contributed by atoms with Gasteiger partial charge < -0.3 is 0 Å². The van der Waals surface area contributed by atoms with Crippen molar-refractivity contribution >= 4 is 27.5 Å². The number of rotatable bonds is 2. The summed E-state index contributed by atoms with van der Waals surface area (Å²) in [6, 6.07) is 4.13. The van der Waals surface area contributed by atoms with Gasteiger partial charge in [0.1, 0.15) is 0 Å². The van der Waals surface area contributed by atoms with Crippen molar-refractivity contribution in [3.63, 3.8) is 0 Å². The molecule has 0 aliphatic heterocycles. The fraction of sp³-hybridized carbons (Fsp3) is 0.308. The molecule has 0 atom stereocenters. The van der Waals surface area contributed by atoms with Gasteiger partial charge in [-0.25, -0.2) is 4.68 Å². The summed E-state index contributed by atoms with van der Waals surface area (Å²) in [7, 11) is 0. The zero-order valence-electron chi connectivity index (χ0n) is 10.7. The molecule has 0 aliphatic rings. The van der Waals surface area contributed by atoms with Crippen LogP contribution < -0.4 is 0 Å². The van der Waals surface area contributed by atoms with Gasteiger partial charge in [0.25, 0.3) is 0 Å². The lowest BCUT2D eigenvalue weighted by atomic mass is 10.1. The molecule has 0 fully saturated rings. The molecular weight excluding hydrogens is 357 g/mol. The first-order valence-electron chi connectivity index (χ1n) is 5.74. The topological polar surface area (TPSA) is 17.8 Å². The third kappa shape index (κ3) is 2.72. The van der Waals surface area contributed by atoms with Crippen molar-refractivity contribution in [3.05, 3.63) is 45.7 Å². The van der Waals surface area contributed by atoms with E-state index in [0.29, 0.717) is 22.1 Å². The van der Waals surface area contributed by atoms with E-state index in [1.165, 1.54) is 10.7 Å². The van der Waals surface area contributed by atoms with Crippen molar-refractivity contribution in [2.75, 3.05) is 0 Å². The monoisotopic (exact) mass is 366 g/mol. The van der Waals surface area contributed by atoms with Gasteiger partial charge in [-0.2, -0.15) is 18.3 Å². The summed E-state index contributed by atoms with van der Waals surface area (Å²) in [4.78, 5) is 0. The molecular formula is C13H11BrClF3N2. The summed E-state index contributed by atoms with van der Waals surface area (Å²) in [5.41, 5.74) is 1.06. The molecule has 0 saturated heterocycles. The Hall–Kier alpha value is -1.01. The molecule has 1 heterocycles. The molecule has 0 spiro atoms. The van der Waals surface area contributed by atoms with E-state index < -0.39 is 11.7 Å². The molecule has 1 aromatic heterocycles. The number of nitrogens with zero attached hydrogens (tertiary/aromatic N) is 2. The molecule has 2 nitrogen and oxygen atoms in total. The Bertz CT molecular complexity index is 650. The van der Waals surface area contributed by atoms with Crippen molar-refractivity contribution < 1.29 is 13.2 Å². The Labute approximate surface area is 127 Å². The zero-order valence-corrected chi connectivity index (χ0v) is 13.1. The van der Waals surface area contributed by atoms with Crippen LogP contribution in [0.15, 0.2) is 18.2 Å². The van der Waals surface area contributed by atoms with Crippen LogP contribution in [0.1, 0.15) is 22.5 Å². The maximum absolute atomic E-state index is 13.0. The van der Waals surface area contributed by atoms with Crippen LogP contribution in [0, 0.1) is 13.8 Å². The van der Waals surface area contributed by atoms with Crippen molar-refractivity contribution in [1.82, 2.24) is 9.78 Å². The van der Waals surface area contributed by atoms with E-state index in [0.717, 1.165) is 6.07 Å². The molecule has 0 radical (unpaired) electrons. The predicted octanol–water partition coefficient (Wildman–Crippen LogP) is 5.06. The molecule has 0 unspecified atom stereocenters. The molecule has 0 bridgehead atoms. The van der Waals surface area contributed by atoms with Crippen LogP contribution in [0.4, 0.5) is 13.2 Å². The van der Waals surface area contributed by atoms with Crippen LogP contribution in [0.25, 0.3) is 5.69 Å². The van der Waals surface area contributed by atoms with Gasteiger partial charge >= 0.3 is 6.18 Å². The summed E-state index contributed by atoms with van der Waals surface area (Å²) < 4.78 is 40.5. The first-order valence-corrected chi connectivity index (χ1v) is 7.24. The summed E-state index contributed by atoms with van der Waals surface area (Å²) >= 11 is 9.09. The number of aromatic nitrogens is 2. The van der Waals surface area contributed by atoms with E-state index in [1.807, 2.05) is 0 Å². The summed E-state index contributed by atoms with van der Waals surface area (Å²) in [5.74, 6) is 0. The summed E-state index contributed by atoms with van der Waals surface area (Å²) in [5, 5.41) is 4.76. The van der Waals surface area contributed by atoms with E-state index in [9.17, 15) is 13.2 Å². The quantitative estimate of drug-likeness (QED) is 0.679. The number of benzene rings is 1. The van der Waals surface area contributed by atoms with Crippen molar-refractivity contribution in [3.8, 4) is 5.69 Å². The fourth-order valence-corrected chi connectivity index (χ4v) is 2.56. The second-order valence-corrected chi connectivity index (χ2v) is 5.31. The number of halogens is 5. The molecule has 0 N–H and O–H groups in total.